The highest BCUT2D eigenvalue weighted by atomic mass is 35.5. The number of nitrogens with two attached hydrogens (primary N) is 1. The first-order valence-corrected chi connectivity index (χ1v) is 7.07. The number of hydrogen-bond donors (Lipinski definition) is 1. The summed E-state index contributed by atoms with van der Waals surface area (Å²) in [4.78, 5) is 0. The van der Waals surface area contributed by atoms with E-state index in [0.29, 0.717) is 20.8 Å². The van der Waals surface area contributed by atoms with Crippen molar-refractivity contribution in [2.75, 3.05) is 0 Å². The minimum absolute atomic E-state index is 0.407. The summed E-state index contributed by atoms with van der Waals surface area (Å²) in [5.41, 5.74) is 7.80. The van der Waals surface area contributed by atoms with Crippen LogP contribution in [0.3, 0.4) is 0 Å². The molecular formula is C15H10Cl3NO. The molecule has 1 aromatic heterocycles. The standard InChI is InChI=1S/C15H10Cl3NO/c16-10-2-4-13-9(5-10)7-14(20-13)15(19)8-1-3-11(17)12(18)6-8/h1-7,15H,19H2. The normalized spacial score (nSPS) is 12.8. The van der Waals surface area contributed by atoms with Gasteiger partial charge in [-0.3, -0.25) is 0 Å². The molecule has 5 heteroatoms. The van der Waals surface area contributed by atoms with Crippen LogP contribution < -0.4 is 5.73 Å². The molecule has 1 unspecified atom stereocenters. The highest BCUT2D eigenvalue weighted by Gasteiger charge is 2.15. The second kappa shape index (κ2) is 5.30. The topological polar surface area (TPSA) is 39.2 Å². The molecule has 0 spiro atoms. The number of fused-ring (bicyclic) bond motifs is 1. The first-order chi connectivity index (χ1) is 9.54. The SMILES string of the molecule is NC(c1ccc(Cl)c(Cl)c1)c1cc2cc(Cl)ccc2o1. The minimum Gasteiger partial charge on any atom is -0.459 e. The van der Waals surface area contributed by atoms with Gasteiger partial charge >= 0.3 is 0 Å². The van der Waals surface area contributed by atoms with Crippen molar-refractivity contribution < 1.29 is 4.42 Å². The molecule has 0 bridgehead atoms. The van der Waals surface area contributed by atoms with Crippen molar-refractivity contribution in [3.8, 4) is 0 Å². The molecule has 102 valence electrons. The Kier molecular flexibility index (Phi) is 3.65. The third kappa shape index (κ3) is 2.52. The number of benzene rings is 2. The van der Waals surface area contributed by atoms with Gasteiger partial charge in [-0.05, 0) is 42.0 Å². The van der Waals surface area contributed by atoms with Gasteiger partial charge in [0.05, 0.1) is 16.1 Å². The maximum absolute atomic E-state index is 6.21. The Hall–Kier alpha value is -1.19. The Bertz CT molecular complexity index is 782. The summed E-state index contributed by atoms with van der Waals surface area (Å²) in [5, 5.41) is 2.55. The lowest BCUT2D eigenvalue weighted by Crippen LogP contribution is -2.10. The van der Waals surface area contributed by atoms with Gasteiger partial charge in [0.2, 0.25) is 0 Å². The zero-order valence-corrected chi connectivity index (χ0v) is 12.5. The average molecular weight is 327 g/mol. The van der Waals surface area contributed by atoms with Gasteiger partial charge in [0.25, 0.3) is 0 Å². The van der Waals surface area contributed by atoms with E-state index in [1.54, 1.807) is 18.2 Å². The van der Waals surface area contributed by atoms with E-state index in [1.807, 2.05) is 24.3 Å². The second-order valence-corrected chi connectivity index (χ2v) is 5.73. The molecule has 20 heavy (non-hydrogen) atoms. The first kappa shape index (κ1) is 13.8. The quantitative estimate of drug-likeness (QED) is 0.681. The highest BCUT2D eigenvalue weighted by Crippen LogP contribution is 2.31. The van der Waals surface area contributed by atoms with Crippen molar-refractivity contribution in [2.24, 2.45) is 5.73 Å². The van der Waals surface area contributed by atoms with E-state index in [-0.39, 0.29) is 0 Å². The molecule has 0 fully saturated rings. The fourth-order valence-electron chi connectivity index (χ4n) is 2.06. The van der Waals surface area contributed by atoms with Crippen LogP contribution in [0, 0.1) is 0 Å². The Morgan fingerprint density at radius 3 is 2.45 bits per heavy atom. The van der Waals surface area contributed by atoms with Crippen LogP contribution in [-0.4, -0.2) is 0 Å². The van der Waals surface area contributed by atoms with Gasteiger partial charge in [0.15, 0.2) is 0 Å². The van der Waals surface area contributed by atoms with Gasteiger partial charge in [-0.15, -0.1) is 0 Å². The smallest absolute Gasteiger partial charge is 0.134 e. The first-order valence-electron chi connectivity index (χ1n) is 5.94. The van der Waals surface area contributed by atoms with Gasteiger partial charge in [-0.25, -0.2) is 0 Å². The molecule has 0 saturated carbocycles. The molecule has 2 nitrogen and oxygen atoms in total. The largest absolute Gasteiger partial charge is 0.459 e. The monoisotopic (exact) mass is 325 g/mol. The van der Waals surface area contributed by atoms with E-state index < -0.39 is 6.04 Å². The van der Waals surface area contributed by atoms with Gasteiger partial charge < -0.3 is 10.2 Å². The lowest BCUT2D eigenvalue weighted by atomic mass is 10.1. The Morgan fingerprint density at radius 2 is 1.70 bits per heavy atom. The van der Waals surface area contributed by atoms with E-state index in [2.05, 4.69) is 0 Å². The minimum atomic E-state index is -0.407. The van der Waals surface area contributed by atoms with Crippen molar-refractivity contribution in [1.82, 2.24) is 0 Å². The maximum atomic E-state index is 6.21. The number of furan rings is 1. The van der Waals surface area contributed by atoms with Crippen LogP contribution in [0.1, 0.15) is 17.4 Å². The van der Waals surface area contributed by atoms with Gasteiger partial charge in [-0.2, -0.15) is 0 Å². The lowest BCUT2D eigenvalue weighted by molar-refractivity contribution is 0.525. The van der Waals surface area contributed by atoms with E-state index in [9.17, 15) is 0 Å². The summed E-state index contributed by atoms with van der Waals surface area (Å²) in [6.45, 7) is 0. The summed E-state index contributed by atoms with van der Waals surface area (Å²) < 4.78 is 5.75. The van der Waals surface area contributed by atoms with Crippen molar-refractivity contribution in [3.63, 3.8) is 0 Å². The van der Waals surface area contributed by atoms with Crippen LogP contribution in [0.15, 0.2) is 46.9 Å². The fraction of sp³-hybridized carbons (Fsp3) is 0.0667. The number of rotatable bonds is 2. The average Bonchev–Trinajstić information content (AvgIpc) is 2.84. The molecule has 0 amide bonds. The predicted octanol–water partition coefficient (Wildman–Crippen LogP) is 5.44. The Balaban J connectivity index is 2.02. The Labute approximate surface area is 131 Å². The van der Waals surface area contributed by atoms with Crippen LogP contribution in [0.25, 0.3) is 11.0 Å². The highest BCUT2D eigenvalue weighted by molar-refractivity contribution is 6.42. The molecule has 0 aliphatic rings. The van der Waals surface area contributed by atoms with Crippen molar-refractivity contribution in [1.29, 1.82) is 0 Å². The van der Waals surface area contributed by atoms with Crippen molar-refractivity contribution in [2.45, 2.75) is 6.04 Å². The fourth-order valence-corrected chi connectivity index (χ4v) is 2.55. The summed E-state index contributed by atoms with van der Waals surface area (Å²) in [6.07, 6.45) is 0. The van der Waals surface area contributed by atoms with E-state index in [1.165, 1.54) is 0 Å². The molecule has 3 aromatic rings. The summed E-state index contributed by atoms with van der Waals surface area (Å²) in [5.74, 6) is 0.653. The molecule has 2 aromatic carbocycles. The Morgan fingerprint density at radius 1 is 0.900 bits per heavy atom. The van der Waals surface area contributed by atoms with Gasteiger partial charge in [0, 0.05) is 10.4 Å². The molecule has 1 atom stereocenters. The molecular weight excluding hydrogens is 317 g/mol. The van der Waals surface area contributed by atoms with Crippen molar-refractivity contribution in [3.05, 3.63) is 68.9 Å². The second-order valence-electron chi connectivity index (χ2n) is 4.48. The molecule has 0 radical (unpaired) electrons. The lowest BCUT2D eigenvalue weighted by Gasteiger charge is -2.09. The van der Waals surface area contributed by atoms with E-state index >= 15 is 0 Å². The molecule has 0 saturated heterocycles. The zero-order valence-electron chi connectivity index (χ0n) is 10.2. The van der Waals surface area contributed by atoms with E-state index in [4.69, 9.17) is 45.0 Å². The van der Waals surface area contributed by atoms with Crippen molar-refractivity contribution >= 4 is 45.8 Å². The number of halogens is 3. The molecule has 1 heterocycles. The number of hydrogen-bond acceptors (Lipinski definition) is 2. The van der Waals surface area contributed by atoms with Crippen LogP contribution in [0.2, 0.25) is 15.1 Å². The third-order valence-corrected chi connectivity index (χ3v) is 4.08. The van der Waals surface area contributed by atoms with Gasteiger partial charge in [-0.1, -0.05) is 40.9 Å². The summed E-state index contributed by atoms with van der Waals surface area (Å²) in [7, 11) is 0. The van der Waals surface area contributed by atoms with Crippen LogP contribution in [-0.2, 0) is 0 Å². The maximum Gasteiger partial charge on any atom is 0.134 e. The summed E-state index contributed by atoms with van der Waals surface area (Å²) in [6, 6.07) is 12.2. The summed E-state index contributed by atoms with van der Waals surface area (Å²) >= 11 is 17.9. The van der Waals surface area contributed by atoms with Gasteiger partial charge in [0.1, 0.15) is 11.3 Å². The molecule has 3 rings (SSSR count). The molecule has 0 aliphatic carbocycles. The van der Waals surface area contributed by atoms with Crippen LogP contribution in [0.5, 0.6) is 0 Å². The third-order valence-electron chi connectivity index (χ3n) is 3.11. The molecule has 0 aliphatic heterocycles. The van der Waals surface area contributed by atoms with Crippen LogP contribution in [0.4, 0.5) is 0 Å². The zero-order chi connectivity index (χ0) is 14.3. The molecule has 2 N–H and O–H groups in total. The van der Waals surface area contributed by atoms with E-state index in [0.717, 1.165) is 16.5 Å². The van der Waals surface area contributed by atoms with Crippen LogP contribution >= 0.6 is 34.8 Å². The predicted molar refractivity (Wildman–Crippen MR) is 83.7 cm³/mol.